The first-order valence-corrected chi connectivity index (χ1v) is 9.02. The SMILES string of the molecule is C/C=C\C(=N)[C@@](C)(CC)C(C)OC1CCC(C(C)(C)C)CC1. The molecule has 0 saturated heterocycles. The average molecular weight is 308 g/mol. The van der Waals surface area contributed by atoms with Crippen LogP contribution in [0, 0.1) is 22.2 Å². The van der Waals surface area contributed by atoms with E-state index in [-0.39, 0.29) is 11.5 Å². The Bertz CT molecular complexity index is 385. The highest BCUT2D eigenvalue weighted by Gasteiger charge is 2.37. The fourth-order valence-electron chi connectivity index (χ4n) is 3.56. The second-order valence-corrected chi connectivity index (χ2v) is 8.30. The van der Waals surface area contributed by atoms with Gasteiger partial charge in [-0.05, 0) is 63.4 Å². The molecule has 1 N–H and O–H groups in total. The molecule has 0 amide bonds. The summed E-state index contributed by atoms with van der Waals surface area (Å²) in [7, 11) is 0. The molecule has 1 aliphatic carbocycles. The van der Waals surface area contributed by atoms with Crippen LogP contribution < -0.4 is 0 Å². The van der Waals surface area contributed by atoms with Crippen LogP contribution in [0.3, 0.4) is 0 Å². The van der Waals surface area contributed by atoms with Crippen LogP contribution in [0.15, 0.2) is 12.2 Å². The van der Waals surface area contributed by atoms with Gasteiger partial charge in [-0.15, -0.1) is 0 Å². The van der Waals surface area contributed by atoms with Crippen LogP contribution in [0.1, 0.15) is 80.6 Å². The maximum absolute atomic E-state index is 8.34. The molecule has 0 heterocycles. The van der Waals surface area contributed by atoms with E-state index >= 15 is 0 Å². The van der Waals surface area contributed by atoms with E-state index in [1.54, 1.807) is 0 Å². The van der Waals surface area contributed by atoms with E-state index in [2.05, 4.69) is 41.5 Å². The summed E-state index contributed by atoms with van der Waals surface area (Å²) in [5.41, 5.74) is 0.920. The van der Waals surface area contributed by atoms with Gasteiger partial charge in [0.25, 0.3) is 0 Å². The summed E-state index contributed by atoms with van der Waals surface area (Å²) >= 11 is 0. The van der Waals surface area contributed by atoms with Crippen LogP contribution in [-0.2, 0) is 4.74 Å². The molecule has 0 aromatic rings. The molecule has 1 unspecified atom stereocenters. The van der Waals surface area contributed by atoms with E-state index in [1.165, 1.54) is 25.7 Å². The van der Waals surface area contributed by atoms with E-state index < -0.39 is 0 Å². The van der Waals surface area contributed by atoms with Gasteiger partial charge in [0.1, 0.15) is 0 Å². The summed E-state index contributed by atoms with van der Waals surface area (Å²) in [4.78, 5) is 0. The Morgan fingerprint density at radius 2 is 1.73 bits per heavy atom. The van der Waals surface area contributed by atoms with E-state index in [1.807, 2.05) is 19.1 Å². The van der Waals surface area contributed by atoms with E-state index in [9.17, 15) is 0 Å². The summed E-state index contributed by atoms with van der Waals surface area (Å²) < 4.78 is 6.40. The number of ether oxygens (including phenoxy) is 1. The zero-order chi connectivity index (χ0) is 17.0. The van der Waals surface area contributed by atoms with Gasteiger partial charge in [-0.1, -0.05) is 40.7 Å². The van der Waals surface area contributed by atoms with Gasteiger partial charge in [0.15, 0.2) is 0 Å². The van der Waals surface area contributed by atoms with Gasteiger partial charge in [0.2, 0.25) is 0 Å². The lowest BCUT2D eigenvalue weighted by molar-refractivity contribution is -0.0707. The average Bonchev–Trinajstić information content (AvgIpc) is 2.46. The van der Waals surface area contributed by atoms with E-state index in [4.69, 9.17) is 10.1 Å². The van der Waals surface area contributed by atoms with Gasteiger partial charge in [0, 0.05) is 11.1 Å². The molecule has 0 bridgehead atoms. The third-order valence-corrected chi connectivity index (χ3v) is 5.88. The zero-order valence-corrected chi connectivity index (χ0v) is 15.8. The van der Waals surface area contributed by atoms with Crippen molar-refractivity contribution in [3.63, 3.8) is 0 Å². The highest BCUT2D eigenvalue weighted by atomic mass is 16.5. The molecule has 1 saturated carbocycles. The van der Waals surface area contributed by atoms with E-state index in [0.717, 1.165) is 12.3 Å². The Morgan fingerprint density at radius 3 is 2.14 bits per heavy atom. The maximum Gasteiger partial charge on any atom is 0.0659 e. The number of nitrogens with one attached hydrogen (secondary N) is 1. The Kier molecular flexibility index (Phi) is 6.85. The predicted molar refractivity (Wildman–Crippen MR) is 96.7 cm³/mol. The Balaban J connectivity index is 2.62. The maximum atomic E-state index is 8.34. The fourth-order valence-corrected chi connectivity index (χ4v) is 3.56. The van der Waals surface area contributed by atoms with Crippen molar-refractivity contribution >= 4 is 5.71 Å². The first-order chi connectivity index (χ1) is 10.1. The summed E-state index contributed by atoms with van der Waals surface area (Å²) in [6, 6.07) is 0. The van der Waals surface area contributed by atoms with Crippen molar-refractivity contribution < 1.29 is 4.74 Å². The quantitative estimate of drug-likeness (QED) is 0.599. The fraction of sp³-hybridized carbons (Fsp3) is 0.850. The number of hydrogen-bond donors (Lipinski definition) is 1. The lowest BCUT2D eigenvalue weighted by atomic mass is 9.71. The van der Waals surface area contributed by atoms with Crippen LogP contribution >= 0.6 is 0 Å². The van der Waals surface area contributed by atoms with Crippen LogP contribution in [0.4, 0.5) is 0 Å². The summed E-state index contributed by atoms with van der Waals surface area (Å²) in [6.45, 7) is 15.5. The molecule has 0 spiro atoms. The molecule has 22 heavy (non-hydrogen) atoms. The van der Waals surface area contributed by atoms with Crippen molar-refractivity contribution in [1.29, 1.82) is 5.41 Å². The van der Waals surface area contributed by atoms with Crippen LogP contribution in [-0.4, -0.2) is 17.9 Å². The molecule has 0 radical (unpaired) electrons. The predicted octanol–water partition coefficient (Wildman–Crippen LogP) is 6.01. The first kappa shape index (κ1) is 19.4. The smallest absolute Gasteiger partial charge is 0.0659 e. The third kappa shape index (κ3) is 4.68. The number of allylic oxidation sites excluding steroid dienone is 2. The Morgan fingerprint density at radius 1 is 1.18 bits per heavy atom. The molecule has 2 heteroatoms. The Labute approximate surface area is 138 Å². The van der Waals surface area contributed by atoms with Crippen molar-refractivity contribution in [3.05, 3.63) is 12.2 Å². The molecule has 1 aliphatic rings. The van der Waals surface area contributed by atoms with Crippen LogP contribution in [0.5, 0.6) is 0 Å². The van der Waals surface area contributed by atoms with Gasteiger partial charge < -0.3 is 10.1 Å². The molecular weight excluding hydrogens is 270 g/mol. The minimum absolute atomic E-state index is 0.0948. The summed E-state index contributed by atoms with van der Waals surface area (Å²) in [6.07, 6.45) is 10.2. The molecule has 2 nitrogen and oxygen atoms in total. The molecule has 128 valence electrons. The normalized spacial score (nSPS) is 27.6. The van der Waals surface area contributed by atoms with Gasteiger partial charge >= 0.3 is 0 Å². The first-order valence-electron chi connectivity index (χ1n) is 9.02. The van der Waals surface area contributed by atoms with Crippen molar-refractivity contribution in [2.45, 2.75) is 92.8 Å². The minimum Gasteiger partial charge on any atom is -0.374 e. The zero-order valence-electron chi connectivity index (χ0n) is 15.8. The van der Waals surface area contributed by atoms with Gasteiger partial charge in [-0.2, -0.15) is 0 Å². The molecule has 1 rings (SSSR count). The molecule has 1 fully saturated rings. The van der Waals surface area contributed by atoms with E-state index in [0.29, 0.717) is 17.2 Å². The topological polar surface area (TPSA) is 33.1 Å². The monoisotopic (exact) mass is 307 g/mol. The Hall–Kier alpha value is -0.630. The minimum atomic E-state index is -0.187. The molecular formula is C20H37NO. The lowest BCUT2D eigenvalue weighted by Gasteiger charge is -2.41. The summed E-state index contributed by atoms with van der Waals surface area (Å²) in [5, 5.41) is 8.34. The molecule has 0 aromatic carbocycles. The van der Waals surface area contributed by atoms with Crippen LogP contribution in [0.25, 0.3) is 0 Å². The highest BCUT2D eigenvalue weighted by Crippen LogP contribution is 2.40. The largest absolute Gasteiger partial charge is 0.374 e. The number of rotatable bonds is 6. The van der Waals surface area contributed by atoms with Gasteiger partial charge in [-0.25, -0.2) is 0 Å². The van der Waals surface area contributed by atoms with Crippen LogP contribution in [0.2, 0.25) is 0 Å². The van der Waals surface area contributed by atoms with Crippen molar-refractivity contribution in [1.82, 2.24) is 0 Å². The standard InChI is InChI=1S/C20H37NO/c1-8-10-18(21)20(7,9-2)15(3)22-17-13-11-16(12-14-17)19(4,5)6/h8,10,15-17,21H,9,11-14H2,1-7H3/b10-8-,21-18?/t15?,16?,17?,20-/m0/s1. The third-order valence-electron chi connectivity index (χ3n) is 5.88. The number of hydrogen-bond acceptors (Lipinski definition) is 2. The molecule has 2 atom stereocenters. The van der Waals surface area contributed by atoms with Gasteiger partial charge in [-0.3, -0.25) is 0 Å². The second kappa shape index (κ2) is 7.77. The van der Waals surface area contributed by atoms with Crippen molar-refractivity contribution in [2.75, 3.05) is 0 Å². The molecule has 0 aliphatic heterocycles. The van der Waals surface area contributed by atoms with Crippen molar-refractivity contribution in [3.8, 4) is 0 Å². The summed E-state index contributed by atoms with van der Waals surface area (Å²) in [5.74, 6) is 0.821. The lowest BCUT2D eigenvalue weighted by Crippen LogP contribution is -2.41. The molecule has 0 aromatic heterocycles. The highest BCUT2D eigenvalue weighted by molar-refractivity contribution is 5.97. The van der Waals surface area contributed by atoms with Crippen molar-refractivity contribution in [2.24, 2.45) is 16.7 Å². The second-order valence-electron chi connectivity index (χ2n) is 8.30. The van der Waals surface area contributed by atoms with Gasteiger partial charge in [0.05, 0.1) is 12.2 Å².